The van der Waals surface area contributed by atoms with Gasteiger partial charge in [0.15, 0.2) is 0 Å². The number of nitrogens with one attached hydrogen (secondary N) is 1. The predicted octanol–water partition coefficient (Wildman–Crippen LogP) is 3.83. The van der Waals surface area contributed by atoms with E-state index in [9.17, 15) is 0 Å². The molecular formula is C15H26ClN3. The van der Waals surface area contributed by atoms with Gasteiger partial charge >= 0.3 is 0 Å². The first-order chi connectivity index (χ1) is 9.09. The van der Waals surface area contributed by atoms with E-state index in [-0.39, 0.29) is 0 Å². The molecule has 0 spiro atoms. The zero-order valence-electron chi connectivity index (χ0n) is 12.4. The molecule has 1 fully saturated rings. The summed E-state index contributed by atoms with van der Waals surface area (Å²) in [6, 6.07) is 0.564. The van der Waals surface area contributed by atoms with Crippen LogP contribution in [0.2, 0.25) is 5.15 Å². The smallest absolute Gasteiger partial charge is 0.131 e. The first kappa shape index (κ1) is 14.9. The fraction of sp³-hybridized carbons (Fsp3) is 0.800. The van der Waals surface area contributed by atoms with Gasteiger partial charge in [0.25, 0.3) is 0 Å². The zero-order valence-corrected chi connectivity index (χ0v) is 13.1. The van der Waals surface area contributed by atoms with Gasteiger partial charge in [-0.25, -0.2) is 0 Å². The van der Waals surface area contributed by atoms with Gasteiger partial charge in [0.05, 0.1) is 5.69 Å². The SMILES string of the molecule is Cc1nn(C)c(Cl)c1CN[C@H](C)C1CCCCCC1. The number of halogens is 1. The van der Waals surface area contributed by atoms with Gasteiger partial charge in [0.1, 0.15) is 5.15 Å². The molecule has 4 heteroatoms. The second-order valence-electron chi connectivity index (χ2n) is 5.90. The number of aryl methyl sites for hydroxylation is 2. The second kappa shape index (κ2) is 6.76. The van der Waals surface area contributed by atoms with Crippen molar-refractivity contribution in [2.45, 2.75) is 65.0 Å². The molecular weight excluding hydrogens is 258 g/mol. The van der Waals surface area contributed by atoms with E-state index in [4.69, 9.17) is 11.6 Å². The van der Waals surface area contributed by atoms with Gasteiger partial charge in [0.2, 0.25) is 0 Å². The standard InChI is InChI=1S/C15H26ClN3/c1-11(13-8-6-4-5-7-9-13)17-10-14-12(2)18-19(3)15(14)16/h11,13,17H,4-10H2,1-3H3/t11-/m1/s1. The summed E-state index contributed by atoms with van der Waals surface area (Å²) < 4.78 is 1.75. The van der Waals surface area contributed by atoms with Crippen molar-refractivity contribution < 1.29 is 0 Å². The highest BCUT2D eigenvalue weighted by Gasteiger charge is 2.19. The third kappa shape index (κ3) is 3.73. The normalized spacial score (nSPS) is 19.4. The number of hydrogen-bond donors (Lipinski definition) is 1. The minimum absolute atomic E-state index is 0.564. The van der Waals surface area contributed by atoms with Crippen LogP contribution in [0.1, 0.15) is 56.7 Å². The molecule has 1 saturated carbocycles. The van der Waals surface area contributed by atoms with Crippen molar-refractivity contribution in [2.24, 2.45) is 13.0 Å². The Morgan fingerprint density at radius 1 is 1.32 bits per heavy atom. The molecule has 19 heavy (non-hydrogen) atoms. The minimum atomic E-state index is 0.564. The maximum absolute atomic E-state index is 6.27. The molecule has 0 amide bonds. The highest BCUT2D eigenvalue weighted by atomic mass is 35.5. The first-order valence-electron chi connectivity index (χ1n) is 7.51. The highest BCUT2D eigenvalue weighted by Crippen LogP contribution is 2.26. The molecule has 2 rings (SSSR count). The molecule has 1 aromatic heterocycles. The van der Waals surface area contributed by atoms with Crippen molar-refractivity contribution >= 4 is 11.6 Å². The van der Waals surface area contributed by atoms with E-state index in [1.807, 2.05) is 14.0 Å². The van der Waals surface area contributed by atoms with E-state index in [0.29, 0.717) is 6.04 Å². The van der Waals surface area contributed by atoms with Crippen LogP contribution in [0.25, 0.3) is 0 Å². The van der Waals surface area contributed by atoms with Crippen LogP contribution in [0.5, 0.6) is 0 Å². The van der Waals surface area contributed by atoms with Crippen LogP contribution in [0, 0.1) is 12.8 Å². The van der Waals surface area contributed by atoms with Crippen LogP contribution in [-0.2, 0) is 13.6 Å². The molecule has 1 aromatic rings. The Labute approximate surface area is 121 Å². The van der Waals surface area contributed by atoms with E-state index in [0.717, 1.165) is 28.9 Å². The first-order valence-corrected chi connectivity index (χ1v) is 7.88. The summed E-state index contributed by atoms with van der Waals surface area (Å²) in [5.74, 6) is 0.818. The van der Waals surface area contributed by atoms with Crippen LogP contribution in [0.15, 0.2) is 0 Å². The van der Waals surface area contributed by atoms with Crippen molar-refractivity contribution in [1.82, 2.24) is 15.1 Å². The molecule has 108 valence electrons. The predicted molar refractivity (Wildman–Crippen MR) is 80.4 cm³/mol. The monoisotopic (exact) mass is 283 g/mol. The topological polar surface area (TPSA) is 29.9 Å². The van der Waals surface area contributed by atoms with Crippen LogP contribution in [0.3, 0.4) is 0 Å². The number of nitrogens with zero attached hydrogens (tertiary/aromatic N) is 2. The largest absolute Gasteiger partial charge is 0.310 e. The molecule has 1 atom stereocenters. The maximum atomic E-state index is 6.27. The van der Waals surface area contributed by atoms with Crippen LogP contribution in [-0.4, -0.2) is 15.8 Å². The van der Waals surface area contributed by atoms with Gasteiger partial charge in [-0.15, -0.1) is 0 Å². The van der Waals surface area contributed by atoms with Crippen LogP contribution < -0.4 is 5.32 Å². The molecule has 1 heterocycles. The molecule has 0 saturated heterocycles. The summed E-state index contributed by atoms with van der Waals surface area (Å²) in [6.07, 6.45) is 8.35. The summed E-state index contributed by atoms with van der Waals surface area (Å²) in [4.78, 5) is 0. The van der Waals surface area contributed by atoms with Crippen molar-refractivity contribution in [3.63, 3.8) is 0 Å². The molecule has 0 unspecified atom stereocenters. The van der Waals surface area contributed by atoms with Crippen molar-refractivity contribution in [2.75, 3.05) is 0 Å². The summed E-state index contributed by atoms with van der Waals surface area (Å²) in [5, 5.41) is 8.78. The number of rotatable bonds is 4. The Morgan fingerprint density at radius 3 is 2.47 bits per heavy atom. The fourth-order valence-electron chi connectivity index (χ4n) is 3.12. The van der Waals surface area contributed by atoms with Gasteiger partial charge in [0, 0.05) is 25.2 Å². The third-order valence-electron chi connectivity index (χ3n) is 4.48. The summed E-state index contributed by atoms with van der Waals surface area (Å²) in [6.45, 7) is 5.17. The third-order valence-corrected chi connectivity index (χ3v) is 4.95. The van der Waals surface area contributed by atoms with E-state index in [1.165, 1.54) is 38.5 Å². The number of hydrogen-bond acceptors (Lipinski definition) is 2. The highest BCUT2D eigenvalue weighted by molar-refractivity contribution is 6.30. The van der Waals surface area contributed by atoms with E-state index in [1.54, 1.807) is 4.68 Å². The summed E-state index contributed by atoms with van der Waals surface area (Å²) >= 11 is 6.27. The van der Waals surface area contributed by atoms with Gasteiger partial charge < -0.3 is 5.32 Å². The Morgan fingerprint density at radius 2 is 1.95 bits per heavy atom. The zero-order chi connectivity index (χ0) is 13.8. The van der Waals surface area contributed by atoms with Crippen LogP contribution >= 0.6 is 11.6 Å². The fourth-order valence-corrected chi connectivity index (χ4v) is 3.36. The molecule has 3 nitrogen and oxygen atoms in total. The van der Waals surface area contributed by atoms with Crippen molar-refractivity contribution in [3.8, 4) is 0 Å². The lowest BCUT2D eigenvalue weighted by molar-refractivity contribution is 0.336. The molecule has 0 bridgehead atoms. The van der Waals surface area contributed by atoms with Crippen LogP contribution in [0.4, 0.5) is 0 Å². The molecule has 1 aliphatic carbocycles. The molecule has 1 N–H and O–H groups in total. The summed E-state index contributed by atoms with van der Waals surface area (Å²) in [5.41, 5.74) is 2.18. The Bertz CT molecular complexity index is 406. The van der Waals surface area contributed by atoms with E-state index in [2.05, 4.69) is 17.3 Å². The van der Waals surface area contributed by atoms with Gasteiger partial charge in [-0.3, -0.25) is 4.68 Å². The van der Waals surface area contributed by atoms with Gasteiger partial charge in [-0.1, -0.05) is 37.3 Å². The lowest BCUT2D eigenvalue weighted by Gasteiger charge is -2.23. The number of aromatic nitrogens is 2. The van der Waals surface area contributed by atoms with Gasteiger partial charge in [-0.05, 0) is 32.6 Å². The second-order valence-corrected chi connectivity index (χ2v) is 6.26. The Hall–Kier alpha value is -0.540. The van der Waals surface area contributed by atoms with E-state index >= 15 is 0 Å². The molecule has 0 aliphatic heterocycles. The summed E-state index contributed by atoms with van der Waals surface area (Å²) in [7, 11) is 1.90. The minimum Gasteiger partial charge on any atom is -0.310 e. The quantitative estimate of drug-likeness (QED) is 0.851. The Kier molecular flexibility index (Phi) is 5.28. The lowest BCUT2D eigenvalue weighted by Crippen LogP contribution is -2.33. The molecule has 0 aromatic carbocycles. The lowest BCUT2D eigenvalue weighted by atomic mass is 9.93. The van der Waals surface area contributed by atoms with Gasteiger partial charge in [-0.2, -0.15) is 5.10 Å². The molecule has 0 radical (unpaired) electrons. The van der Waals surface area contributed by atoms with Crippen molar-refractivity contribution in [1.29, 1.82) is 0 Å². The van der Waals surface area contributed by atoms with Crippen molar-refractivity contribution in [3.05, 3.63) is 16.4 Å². The molecule has 1 aliphatic rings. The average molecular weight is 284 g/mol. The maximum Gasteiger partial charge on any atom is 0.131 e. The van der Waals surface area contributed by atoms with E-state index < -0.39 is 0 Å². The Balaban J connectivity index is 1.90. The average Bonchev–Trinajstić information content (AvgIpc) is 2.62.